The van der Waals surface area contributed by atoms with Gasteiger partial charge in [-0.3, -0.25) is 0 Å². The van der Waals surface area contributed by atoms with Crippen LogP contribution in [0.5, 0.6) is 0 Å². The van der Waals surface area contributed by atoms with Crippen LogP contribution in [0.4, 0.5) is 0 Å². The van der Waals surface area contributed by atoms with Gasteiger partial charge < -0.3 is 113 Å². The first-order valence-electron chi connectivity index (χ1n) is 7.80. The van der Waals surface area contributed by atoms with Crippen LogP contribution in [0.1, 0.15) is 0 Å². The molecule has 0 unspecified atom stereocenters. The minimum Gasteiger partial charge on any atom is -0.790 e. The van der Waals surface area contributed by atoms with Crippen LogP contribution in [-0.4, -0.2) is 175 Å². The van der Waals surface area contributed by atoms with Crippen LogP contribution >= 0.6 is 46.9 Å². The molecule has 42 heavy (non-hydrogen) atoms. The van der Waals surface area contributed by atoms with Crippen LogP contribution in [-0.2, 0) is 54.5 Å². The van der Waals surface area contributed by atoms with Gasteiger partial charge in [0.25, 0.3) is 0 Å². The van der Waals surface area contributed by atoms with E-state index in [4.69, 9.17) is 0 Å². The Bertz CT molecular complexity index is 843. The molecular formula is C6H6Mg6O24P6. The summed E-state index contributed by atoms with van der Waals surface area (Å²) in [5.74, 6) is 0. The molecule has 216 valence electrons. The van der Waals surface area contributed by atoms with Gasteiger partial charge in [-0.05, 0) is 0 Å². The van der Waals surface area contributed by atoms with Crippen molar-refractivity contribution in [2.75, 3.05) is 0 Å². The number of hydrogen-bond donors (Lipinski definition) is 0. The van der Waals surface area contributed by atoms with Crippen molar-refractivity contribution in [1.29, 1.82) is 0 Å². The maximum Gasteiger partial charge on any atom is 2.00 e. The van der Waals surface area contributed by atoms with Crippen molar-refractivity contribution in [2.24, 2.45) is 0 Å². The summed E-state index contributed by atoms with van der Waals surface area (Å²) in [5, 5.41) is 0. The third-order valence-electron chi connectivity index (χ3n) is 3.45. The Hall–Kier alpha value is 5.26. The summed E-state index contributed by atoms with van der Waals surface area (Å²) in [6.45, 7) is 0. The van der Waals surface area contributed by atoms with Gasteiger partial charge in [0, 0.05) is 0 Å². The zero-order valence-corrected chi connectivity index (χ0v) is 34.0. The van der Waals surface area contributed by atoms with E-state index in [0.29, 0.717) is 0 Å². The van der Waals surface area contributed by atoms with Crippen molar-refractivity contribution >= 4 is 185 Å². The van der Waals surface area contributed by atoms with Crippen molar-refractivity contribution in [3.8, 4) is 0 Å². The van der Waals surface area contributed by atoms with E-state index in [9.17, 15) is 86.1 Å². The predicted octanol–water partition coefficient (Wildman–Crippen LogP) is -13.0. The van der Waals surface area contributed by atoms with Crippen LogP contribution < -0.4 is 58.7 Å². The Morgan fingerprint density at radius 2 is 0.333 bits per heavy atom. The summed E-state index contributed by atoms with van der Waals surface area (Å²) in [4.78, 5) is 133. The Labute approximate surface area is 331 Å². The SMILES string of the molecule is O=P([O-])([O-])O[C@H]1[C@H](OP(=O)([O-])[O-])[C@@H](OP(=O)([O-])[O-])[C@H](OP(=O)([O-])[O-])[C@@H](OP(=O)([O-])[O-])[C@H]1OP(=O)([O-])[O-].[Mg+2].[Mg+2].[Mg+2].[Mg+2].[Mg+2].[Mg+2]. The predicted molar refractivity (Wildman–Crippen MR) is 109 cm³/mol. The molecule has 0 aliphatic heterocycles. The normalized spacial score (nSPS) is 25.1. The molecule has 0 aromatic rings. The molecule has 0 spiro atoms. The summed E-state index contributed by atoms with van der Waals surface area (Å²) in [5.41, 5.74) is 0. The van der Waals surface area contributed by atoms with Crippen LogP contribution in [0.25, 0.3) is 0 Å². The van der Waals surface area contributed by atoms with Gasteiger partial charge in [0.2, 0.25) is 0 Å². The molecule has 0 aromatic carbocycles. The van der Waals surface area contributed by atoms with Gasteiger partial charge in [0.15, 0.2) is 0 Å². The molecule has 1 rings (SSSR count). The van der Waals surface area contributed by atoms with E-state index in [1.165, 1.54) is 0 Å². The monoisotopic (exact) mass is 792 g/mol. The standard InChI is InChI=1S/C6H18O24P6.6Mg/c7-31(8,9)25-1-2(26-32(10,11)12)4(28-34(16,17)18)6(30-36(22,23)24)5(29-35(19,20)21)3(1)27-33(13,14)15;;;;;;/h1-6H,(H2,7,8,9)(H2,10,11,12)(H2,13,14,15)(H2,16,17,18)(H2,19,20,21)(H2,22,23,24);;;;;;/q;6*+2/p-12/t1-,2-,3-,4+,5-,6-;;;;;;. The Morgan fingerprint density at radius 3 is 0.381 bits per heavy atom. The van der Waals surface area contributed by atoms with Crippen molar-refractivity contribution in [1.82, 2.24) is 0 Å². The van der Waals surface area contributed by atoms with Crippen LogP contribution in [0, 0.1) is 0 Å². The van der Waals surface area contributed by atoms with E-state index in [2.05, 4.69) is 27.1 Å². The Balaban J connectivity index is -0.000000540. The third-order valence-corrected chi connectivity index (χ3v) is 6.46. The Morgan fingerprint density at radius 1 is 0.262 bits per heavy atom. The fraction of sp³-hybridized carbons (Fsp3) is 1.00. The number of phosphoric ester groups is 6. The summed E-state index contributed by atoms with van der Waals surface area (Å²) in [7, 11) is -40.1. The van der Waals surface area contributed by atoms with Crippen LogP contribution in [0.2, 0.25) is 0 Å². The average Bonchev–Trinajstić information content (AvgIpc) is 2.51. The van der Waals surface area contributed by atoms with Crippen molar-refractivity contribution in [2.45, 2.75) is 36.6 Å². The molecule has 0 radical (unpaired) electrons. The van der Waals surface area contributed by atoms with Crippen molar-refractivity contribution in [3.63, 3.8) is 0 Å². The van der Waals surface area contributed by atoms with Gasteiger partial charge in [-0.15, -0.1) is 0 Å². The minimum absolute atomic E-state index is 0. The quantitative estimate of drug-likeness (QED) is 0.131. The number of rotatable bonds is 12. The fourth-order valence-corrected chi connectivity index (χ4v) is 5.96. The van der Waals surface area contributed by atoms with Crippen LogP contribution in [0.15, 0.2) is 0 Å². The van der Waals surface area contributed by atoms with Crippen molar-refractivity contribution < 1.29 is 113 Å². The summed E-state index contributed by atoms with van der Waals surface area (Å²) < 4.78 is 88.3. The minimum atomic E-state index is -6.68. The van der Waals surface area contributed by atoms with Gasteiger partial charge in [0.1, 0.15) is 36.6 Å². The fourth-order valence-electron chi connectivity index (χ4n) is 2.74. The van der Waals surface area contributed by atoms with E-state index < -0.39 is 83.6 Å². The molecule has 1 aliphatic rings. The van der Waals surface area contributed by atoms with Gasteiger partial charge >= 0.3 is 138 Å². The molecular weight excluding hydrogens is 788 g/mol. The molecule has 0 atom stereocenters. The molecule has 0 N–H and O–H groups in total. The van der Waals surface area contributed by atoms with E-state index in [0.717, 1.165) is 0 Å². The maximum atomic E-state index is 11.1. The summed E-state index contributed by atoms with van der Waals surface area (Å²) in [6, 6.07) is 0. The largest absolute Gasteiger partial charge is 2.00 e. The van der Waals surface area contributed by atoms with Crippen molar-refractivity contribution in [3.05, 3.63) is 0 Å². The van der Waals surface area contributed by atoms with Gasteiger partial charge in [-0.2, -0.15) is 0 Å². The zero-order chi connectivity index (χ0) is 28.7. The topological polar surface area (TPSA) is 435 Å². The first-order chi connectivity index (χ1) is 15.6. The molecule has 0 heterocycles. The van der Waals surface area contributed by atoms with E-state index in [1.54, 1.807) is 0 Å². The Kier molecular flexibility index (Phi) is 31.5. The molecule has 0 saturated heterocycles. The molecule has 1 aliphatic carbocycles. The maximum absolute atomic E-state index is 11.1. The molecule has 24 nitrogen and oxygen atoms in total. The molecule has 36 heteroatoms. The second-order valence-corrected chi connectivity index (χ2v) is 12.7. The molecule has 1 saturated carbocycles. The molecule has 1 fully saturated rings. The summed E-state index contributed by atoms with van der Waals surface area (Å²) in [6.07, 6.45) is -21.5. The average molecular weight is 794 g/mol. The van der Waals surface area contributed by atoms with Gasteiger partial charge in [0.05, 0.1) is 46.9 Å². The van der Waals surface area contributed by atoms with E-state index in [-0.39, 0.29) is 138 Å². The zero-order valence-electron chi connectivity index (χ0n) is 20.2. The summed E-state index contributed by atoms with van der Waals surface area (Å²) >= 11 is 0. The van der Waals surface area contributed by atoms with E-state index in [1.807, 2.05) is 0 Å². The second kappa shape index (κ2) is 22.2. The second-order valence-electron chi connectivity index (χ2n) is 6.10. The molecule has 0 amide bonds. The first-order valence-corrected chi connectivity index (χ1v) is 16.6. The molecule has 0 aromatic heterocycles. The first kappa shape index (κ1) is 59.4. The van der Waals surface area contributed by atoms with E-state index >= 15 is 0 Å². The number of hydrogen-bond acceptors (Lipinski definition) is 24. The van der Waals surface area contributed by atoms with Crippen LogP contribution in [0.3, 0.4) is 0 Å². The third kappa shape index (κ3) is 25.2. The molecule has 0 bridgehead atoms. The van der Waals surface area contributed by atoms with Gasteiger partial charge in [-0.1, -0.05) is 0 Å². The smallest absolute Gasteiger partial charge is 0.790 e. The van der Waals surface area contributed by atoms with Gasteiger partial charge in [-0.25, -0.2) is 0 Å². The number of phosphoric acid groups is 6.